The zero-order chi connectivity index (χ0) is 19.5. The molecule has 7 heteroatoms. The predicted octanol–water partition coefficient (Wildman–Crippen LogP) is 3.13. The first-order valence-corrected chi connectivity index (χ1v) is 9.57. The Morgan fingerprint density at radius 2 is 1.96 bits per heavy atom. The first kappa shape index (κ1) is 18.2. The number of piperidine rings is 1. The van der Waals surface area contributed by atoms with Crippen molar-refractivity contribution in [1.29, 1.82) is 0 Å². The fourth-order valence-electron chi connectivity index (χ4n) is 3.60. The Labute approximate surface area is 164 Å². The van der Waals surface area contributed by atoms with Crippen LogP contribution in [0.25, 0.3) is 5.82 Å². The maximum Gasteiger partial charge on any atom is 0.229 e. The van der Waals surface area contributed by atoms with Gasteiger partial charge in [0.2, 0.25) is 5.91 Å². The Morgan fingerprint density at radius 3 is 2.68 bits per heavy atom. The van der Waals surface area contributed by atoms with Gasteiger partial charge in [-0.2, -0.15) is 5.10 Å². The SMILES string of the molecule is Cc1ccc(NC(=O)[C@@H]2CCCN(c3ccc(-n4cccn4)nn3)C2)c(C)c1. The quantitative estimate of drug-likeness (QED) is 0.757. The molecule has 1 N–H and O–H groups in total. The molecule has 0 spiro atoms. The fraction of sp³-hybridized carbons (Fsp3) is 0.333. The fourth-order valence-corrected chi connectivity index (χ4v) is 3.60. The van der Waals surface area contributed by atoms with Gasteiger partial charge in [0.15, 0.2) is 11.6 Å². The van der Waals surface area contributed by atoms with Gasteiger partial charge in [0.05, 0.1) is 5.92 Å². The number of carbonyl (C=O) groups is 1. The lowest BCUT2D eigenvalue weighted by molar-refractivity contribution is -0.120. The zero-order valence-corrected chi connectivity index (χ0v) is 16.2. The summed E-state index contributed by atoms with van der Waals surface area (Å²) in [5, 5.41) is 15.9. The highest BCUT2D eigenvalue weighted by molar-refractivity contribution is 5.93. The topological polar surface area (TPSA) is 75.9 Å². The second-order valence-corrected chi connectivity index (χ2v) is 7.29. The normalized spacial score (nSPS) is 16.8. The summed E-state index contributed by atoms with van der Waals surface area (Å²) >= 11 is 0. The van der Waals surface area contributed by atoms with Gasteiger partial charge in [-0.3, -0.25) is 4.79 Å². The minimum absolute atomic E-state index is 0.0674. The summed E-state index contributed by atoms with van der Waals surface area (Å²) in [4.78, 5) is 14.9. The van der Waals surface area contributed by atoms with Crippen molar-refractivity contribution >= 4 is 17.4 Å². The molecule has 1 aliphatic heterocycles. The Hall–Kier alpha value is -3.22. The highest BCUT2D eigenvalue weighted by Gasteiger charge is 2.27. The van der Waals surface area contributed by atoms with Crippen LogP contribution in [0.3, 0.4) is 0 Å². The summed E-state index contributed by atoms with van der Waals surface area (Å²) in [5.41, 5.74) is 3.16. The molecular weight excluding hydrogens is 352 g/mol. The Balaban J connectivity index is 1.43. The minimum Gasteiger partial charge on any atom is -0.354 e. The van der Waals surface area contributed by atoms with Crippen LogP contribution < -0.4 is 10.2 Å². The Morgan fingerprint density at radius 1 is 1.14 bits per heavy atom. The van der Waals surface area contributed by atoms with Crippen LogP contribution in [0, 0.1) is 19.8 Å². The number of aryl methyl sites for hydroxylation is 2. The van der Waals surface area contributed by atoms with Crippen LogP contribution in [0.2, 0.25) is 0 Å². The molecule has 0 aliphatic carbocycles. The first-order chi connectivity index (χ1) is 13.6. The van der Waals surface area contributed by atoms with E-state index >= 15 is 0 Å². The number of amides is 1. The summed E-state index contributed by atoms with van der Waals surface area (Å²) in [6.45, 7) is 5.60. The molecule has 1 fully saturated rings. The van der Waals surface area contributed by atoms with Gasteiger partial charge in [-0.15, -0.1) is 10.2 Å². The average molecular weight is 376 g/mol. The van der Waals surface area contributed by atoms with Gasteiger partial charge in [-0.05, 0) is 56.5 Å². The van der Waals surface area contributed by atoms with Crippen molar-refractivity contribution in [3.05, 3.63) is 59.9 Å². The molecule has 3 heterocycles. The van der Waals surface area contributed by atoms with Crippen LogP contribution in [0.4, 0.5) is 11.5 Å². The maximum atomic E-state index is 12.8. The standard InChI is InChI=1S/C21H24N6O/c1-15-6-7-18(16(2)13-15)23-21(28)17-5-3-11-26(14-17)19-8-9-20(25-24-19)27-12-4-10-22-27/h4,6-10,12-13,17H,3,5,11,14H2,1-2H3,(H,23,28)/t17-/m1/s1. The minimum atomic E-state index is -0.0676. The van der Waals surface area contributed by atoms with E-state index in [9.17, 15) is 4.79 Å². The molecule has 4 rings (SSSR count). The number of hydrogen-bond acceptors (Lipinski definition) is 5. The van der Waals surface area contributed by atoms with Crippen LogP contribution >= 0.6 is 0 Å². The highest BCUT2D eigenvalue weighted by atomic mass is 16.1. The van der Waals surface area contributed by atoms with E-state index in [-0.39, 0.29) is 11.8 Å². The summed E-state index contributed by atoms with van der Waals surface area (Å²) in [6.07, 6.45) is 5.37. The molecule has 0 bridgehead atoms. The Kier molecular flexibility index (Phi) is 5.06. The number of nitrogens with one attached hydrogen (secondary N) is 1. The summed E-state index contributed by atoms with van der Waals surface area (Å²) < 4.78 is 1.67. The van der Waals surface area contributed by atoms with Crippen LogP contribution in [-0.2, 0) is 4.79 Å². The van der Waals surface area contributed by atoms with E-state index in [1.165, 1.54) is 5.56 Å². The van der Waals surface area contributed by atoms with Crippen LogP contribution in [0.15, 0.2) is 48.8 Å². The van der Waals surface area contributed by atoms with Crippen molar-refractivity contribution in [2.75, 3.05) is 23.3 Å². The lowest BCUT2D eigenvalue weighted by Gasteiger charge is -2.32. The van der Waals surface area contributed by atoms with Gasteiger partial charge in [-0.25, -0.2) is 4.68 Å². The molecule has 1 amide bonds. The third-order valence-corrected chi connectivity index (χ3v) is 5.13. The molecule has 144 valence electrons. The van der Waals surface area contributed by atoms with Gasteiger partial charge < -0.3 is 10.2 Å². The summed E-state index contributed by atoms with van der Waals surface area (Å²) in [7, 11) is 0. The third kappa shape index (κ3) is 3.88. The molecule has 0 unspecified atom stereocenters. The van der Waals surface area contributed by atoms with E-state index in [1.54, 1.807) is 10.9 Å². The lowest BCUT2D eigenvalue weighted by Crippen LogP contribution is -2.41. The van der Waals surface area contributed by atoms with Crippen molar-refractivity contribution < 1.29 is 4.79 Å². The molecule has 1 atom stereocenters. The second kappa shape index (κ2) is 7.80. The second-order valence-electron chi connectivity index (χ2n) is 7.29. The van der Waals surface area contributed by atoms with Crippen LogP contribution in [0.5, 0.6) is 0 Å². The van der Waals surface area contributed by atoms with Crippen molar-refractivity contribution in [3.8, 4) is 5.82 Å². The van der Waals surface area contributed by atoms with E-state index < -0.39 is 0 Å². The lowest BCUT2D eigenvalue weighted by atomic mass is 9.96. The number of hydrogen-bond donors (Lipinski definition) is 1. The van der Waals surface area contributed by atoms with Gasteiger partial charge in [0, 0.05) is 31.2 Å². The molecule has 1 aromatic carbocycles. The van der Waals surface area contributed by atoms with E-state index in [1.807, 2.05) is 43.5 Å². The van der Waals surface area contributed by atoms with Crippen molar-refractivity contribution in [1.82, 2.24) is 20.0 Å². The van der Waals surface area contributed by atoms with Gasteiger partial charge in [0.25, 0.3) is 0 Å². The first-order valence-electron chi connectivity index (χ1n) is 9.57. The van der Waals surface area contributed by atoms with Crippen LogP contribution in [-0.4, -0.2) is 39.0 Å². The predicted molar refractivity (Wildman–Crippen MR) is 109 cm³/mol. The number of aromatic nitrogens is 4. The monoisotopic (exact) mass is 376 g/mol. The highest BCUT2D eigenvalue weighted by Crippen LogP contribution is 2.24. The number of benzene rings is 1. The van der Waals surface area contributed by atoms with Crippen LogP contribution in [0.1, 0.15) is 24.0 Å². The molecule has 2 aromatic heterocycles. The molecule has 1 saturated heterocycles. The molecule has 1 aliphatic rings. The molecule has 3 aromatic rings. The van der Waals surface area contributed by atoms with Gasteiger partial charge in [0.1, 0.15) is 0 Å². The van der Waals surface area contributed by atoms with Crippen molar-refractivity contribution in [2.45, 2.75) is 26.7 Å². The number of nitrogens with zero attached hydrogens (tertiary/aromatic N) is 5. The van der Waals surface area contributed by atoms with E-state index in [2.05, 4.69) is 38.5 Å². The smallest absolute Gasteiger partial charge is 0.229 e. The molecule has 0 radical (unpaired) electrons. The van der Waals surface area contributed by atoms with Gasteiger partial charge in [-0.1, -0.05) is 17.7 Å². The number of carbonyl (C=O) groups excluding carboxylic acids is 1. The third-order valence-electron chi connectivity index (χ3n) is 5.13. The maximum absolute atomic E-state index is 12.8. The molecular formula is C21H24N6O. The molecule has 28 heavy (non-hydrogen) atoms. The molecule has 7 nitrogen and oxygen atoms in total. The van der Waals surface area contributed by atoms with Crippen molar-refractivity contribution in [3.63, 3.8) is 0 Å². The van der Waals surface area contributed by atoms with E-state index in [4.69, 9.17) is 0 Å². The largest absolute Gasteiger partial charge is 0.354 e. The Bertz CT molecular complexity index is 952. The van der Waals surface area contributed by atoms with E-state index in [0.29, 0.717) is 12.4 Å². The number of rotatable bonds is 4. The zero-order valence-electron chi connectivity index (χ0n) is 16.2. The average Bonchev–Trinajstić information content (AvgIpc) is 3.25. The number of anilines is 2. The van der Waals surface area contributed by atoms with Gasteiger partial charge >= 0.3 is 0 Å². The van der Waals surface area contributed by atoms with Crippen molar-refractivity contribution in [2.24, 2.45) is 5.92 Å². The van der Waals surface area contributed by atoms with E-state index in [0.717, 1.165) is 36.5 Å². The summed E-state index contributed by atoms with van der Waals surface area (Å²) in [5.74, 6) is 1.47. The molecule has 0 saturated carbocycles. The summed E-state index contributed by atoms with van der Waals surface area (Å²) in [6, 6.07) is 11.8.